The van der Waals surface area contributed by atoms with Crippen LogP contribution in [0.15, 0.2) is 5.11 Å². The van der Waals surface area contributed by atoms with Crippen molar-refractivity contribution in [1.29, 1.82) is 0 Å². The molecule has 1 heterocycles. The van der Waals surface area contributed by atoms with E-state index < -0.39 is 0 Å². The Morgan fingerprint density at radius 1 is 1.59 bits per heavy atom. The summed E-state index contributed by atoms with van der Waals surface area (Å²) in [6.07, 6.45) is 4.41. The molecule has 0 spiro atoms. The zero-order valence-corrected chi connectivity index (χ0v) is 9.88. The van der Waals surface area contributed by atoms with Gasteiger partial charge in [0.2, 0.25) is 5.91 Å². The zero-order valence-electron chi connectivity index (χ0n) is 9.88. The molecule has 6 heteroatoms. The van der Waals surface area contributed by atoms with Gasteiger partial charge in [-0.25, -0.2) is 0 Å². The zero-order chi connectivity index (χ0) is 12.3. The Morgan fingerprint density at radius 3 is 3.06 bits per heavy atom. The Hall–Kier alpha value is -1.26. The van der Waals surface area contributed by atoms with Crippen LogP contribution in [0.2, 0.25) is 0 Å². The van der Waals surface area contributed by atoms with E-state index in [1.165, 1.54) is 6.42 Å². The van der Waals surface area contributed by atoms with Crippen molar-refractivity contribution in [2.24, 2.45) is 16.4 Å². The summed E-state index contributed by atoms with van der Waals surface area (Å²) in [4.78, 5) is 16.1. The van der Waals surface area contributed by atoms with E-state index in [9.17, 15) is 9.90 Å². The third kappa shape index (κ3) is 2.23. The van der Waals surface area contributed by atoms with Crippen LogP contribution in [-0.4, -0.2) is 42.2 Å². The Bertz CT molecular complexity index is 353. The largest absolute Gasteiger partial charge is 0.396 e. The second-order valence-corrected chi connectivity index (χ2v) is 5.13. The van der Waals surface area contributed by atoms with Crippen LogP contribution in [0.4, 0.5) is 0 Å². The van der Waals surface area contributed by atoms with Crippen LogP contribution in [0.5, 0.6) is 0 Å². The number of azide groups is 1. The lowest BCUT2D eigenvalue weighted by Gasteiger charge is -2.36. The number of aliphatic hydroxyl groups is 1. The van der Waals surface area contributed by atoms with E-state index >= 15 is 0 Å². The fraction of sp³-hybridized carbons (Fsp3) is 0.909. The fourth-order valence-electron chi connectivity index (χ4n) is 3.22. The van der Waals surface area contributed by atoms with Crippen LogP contribution in [0.25, 0.3) is 10.4 Å². The highest BCUT2D eigenvalue weighted by Crippen LogP contribution is 2.46. The number of amides is 1. The molecule has 1 aliphatic heterocycles. The Morgan fingerprint density at radius 2 is 2.41 bits per heavy atom. The average molecular weight is 238 g/mol. The summed E-state index contributed by atoms with van der Waals surface area (Å²) < 4.78 is 0. The van der Waals surface area contributed by atoms with Crippen molar-refractivity contribution in [1.82, 2.24) is 4.90 Å². The second-order valence-electron chi connectivity index (χ2n) is 5.13. The first-order valence-electron chi connectivity index (χ1n) is 6.11. The fourth-order valence-corrected chi connectivity index (χ4v) is 3.22. The minimum absolute atomic E-state index is 0.0930. The minimum Gasteiger partial charge on any atom is -0.396 e. The van der Waals surface area contributed by atoms with E-state index in [4.69, 9.17) is 5.53 Å². The van der Waals surface area contributed by atoms with E-state index in [1.54, 1.807) is 4.90 Å². The first-order chi connectivity index (χ1) is 8.22. The van der Waals surface area contributed by atoms with Gasteiger partial charge in [0.1, 0.15) is 6.54 Å². The number of carbonyl (C=O) groups excluding carboxylic acids is 1. The highest BCUT2D eigenvalue weighted by atomic mass is 16.3. The molecule has 0 aromatic heterocycles. The van der Waals surface area contributed by atoms with E-state index in [1.807, 2.05) is 0 Å². The average Bonchev–Trinajstić information content (AvgIpc) is 2.76. The normalized spacial score (nSPS) is 31.8. The summed E-state index contributed by atoms with van der Waals surface area (Å²) in [6.45, 7) is 1.38. The van der Waals surface area contributed by atoms with Crippen LogP contribution in [-0.2, 0) is 4.79 Å². The molecule has 2 fully saturated rings. The molecule has 1 amide bonds. The molecule has 0 aromatic rings. The number of rotatable bonds is 3. The first-order valence-corrected chi connectivity index (χ1v) is 6.11. The van der Waals surface area contributed by atoms with Crippen molar-refractivity contribution in [2.75, 3.05) is 26.2 Å². The minimum atomic E-state index is -0.120. The molecule has 0 aromatic carbocycles. The maximum Gasteiger partial charge on any atom is 0.228 e. The van der Waals surface area contributed by atoms with E-state index in [0.29, 0.717) is 19.0 Å². The number of carbonyl (C=O) groups is 1. The maximum absolute atomic E-state index is 11.8. The number of aliphatic hydroxyl groups excluding tert-OH is 1. The van der Waals surface area contributed by atoms with E-state index in [0.717, 1.165) is 19.3 Å². The summed E-state index contributed by atoms with van der Waals surface area (Å²) in [6, 6.07) is 0. The van der Waals surface area contributed by atoms with Crippen LogP contribution < -0.4 is 0 Å². The maximum atomic E-state index is 11.8. The summed E-state index contributed by atoms with van der Waals surface area (Å²) in [5, 5.41) is 12.9. The molecule has 2 rings (SSSR count). The summed E-state index contributed by atoms with van der Waals surface area (Å²) in [5.41, 5.74) is 8.12. The summed E-state index contributed by atoms with van der Waals surface area (Å²) in [7, 11) is 0. The highest BCUT2D eigenvalue weighted by molar-refractivity contribution is 5.78. The van der Waals surface area contributed by atoms with Gasteiger partial charge in [-0.2, -0.15) is 0 Å². The van der Waals surface area contributed by atoms with Crippen molar-refractivity contribution < 1.29 is 9.90 Å². The predicted molar refractivity (Wildman–Crippen MR) is 62.1 cm³/mol. The lowest BCUT2D eigenvalue weighted by Crippen LogP contribution is -2.38. The van der Waals surface area contributed by atoms with Gasteiger partial charge < -0.3 is 10.0 Å². The molecule has 2 aliphatic rings. The molecule has 6 nitrogen and oxygen atoms in total. The van der Waals surface area contributed by atoms with E-state index in [2.05, 4.69) is 10.0 Å². The molecule has 0 bridgehead atoms. The molecule has 1 saturated carbocycles. The molecule has 1 aliphatic carbocycles. The Kier molecular flexibility index (Phi) is 3.54. The number of hydrogen-bond donors (Lipinski definition) is 1. The van der Waals surface area contributed by atoms with Crippen LogP contribution in [0.3, 0.4) is 0 Å². The topological polar surface area (TPSA) is 89.3 Å². The summed E-state index contributed by atoms with van der Waals surface area (Å²) >= 11 is 0. The van der Waals surface area contributed by atoms with Crippen LogP contribution >= 0.6 is 0 Å². The molecule has 0 radical (unpaired) electrons. The molecule has 2 atom stereocenters. The standard InChI is InChI=1S/C11H18N4O2/c12-14-13-5-10(17)15-6-9-3-1-2-4-11(9,7-15)8-16/h9,16H,1-8H2/t9-,11+/m0/s1. The second kappa shape index (κ2) is 4.94. The van der Waals surface area contributed by atoms with Crippen molar-refractivity contribution >= 4 is 5.91 Å². The van der Waals surface area contributed by atoms with Crippen molar-refractivity contribution in [2.45, 2.75) is 25.7 Å². The van der Waals surface area contributed by atoms with Gasteiger partial charge >= 0.3 is 0 Å². The number of nitrogens with zero attached hydrogens (tertiary/aromatic N) is 4. The highest BCUT2D eigenvalue weighted by Gasteiger charge is 2.48. The monoisotopic (exact) mass is 238 g/mol. The molecular formula is C11H18N4O2. The Labute approximate surface area is 100 Å². The van der Waals surface area contributed by atoms with Gasteiger partial charge in [0.05, 0.1) is 6.61 Å². The van der Waals surface area contributed by atoms with Crippen molar-refractivity contribution in [3.05, 3.63) is 10.4 Å². The van der Waals surface area contributed by atoms with Crippen molar-refractivity contribution in [3.63, 3.8) is 0 Å². The van der Waals surface area contributed by atoms with Gasteiger partial charge in [-0.1, -0.05) is 18.0 Å². The van der Waals surface area contributed by atoms with Gasteiger partial charge in [-0.05, 0) is 24.3 Å². The van der Waals surface area contributed by atoms with Crippen LogP contribution in [0, 0.1) is 11.3 Å². The number of likely N-dealkylation sites (tertiary alicyclic amines) is 1. The lowest BCUT2D eigenvalue weighted by molar-refractivity contribution is -0.129. The van der Waals surface area contributed by atoms with Gasteiger partial charge in [-0.15, -0.1) is 0 Å². The van der Waals surface area contributed by atoms with E-state index in [-0.39, 0.29) is 24.5 Å². The number of hydrogen-bond acceptors (Lipinski definition) is 3. The molecular weight excluding hydrogens is 220 g/mol. The number of fused-ring (bicyclic) bond motifs is 1. The molecule has 0 unspecified atom stereocenters. The van der Waals surface area contributed by atoms with Gasteiger partial charge in [0.15, 0.2) is 0 Å². The van der Waals surface area contributed by atoms with Gasteiger partial charge in [0, 0.05) is 23.4 Å². The molecule has 17 heavy (non-hydrogen) atoms. The first kappa shape index (κ1) is 12.2. The Balaban J connectivity index is 2.05. The molecule has 1 N–H and O–H groups in total. The molecule has 1 saturated heterocycles. The van der Waals surface area contributed by atoms with Gasteiger partial charge in [0.25, 0.3) is 0 Å². The van der Waals surface area contributed by atoms with Crippen LogP contribution in [0.1, 0.15) is 25.7 Å². The molecule has 94 valence electrons. The quantitative estimate of drug-likeness (QED) is 0.456. The van der Waals surface area contributed by atoms with Crippen molar-refractivity contribution in [3.8, 4) is 0 Å². The predicted octanol–water partition coefficient (Wildman–Crippen LogP) is 1.31. The van der Waals surface area contributed by atoms with Gasteiger partial charge in [-0.3, -0.25) is 4.79 Å². The third-order valence-electron chi connectivity index (χ3n) is 4.23. The third-order valence-corrected chi connectivity index (χ3v) is 4.23. The smallest absolute Gasteiger partial charge is 0.228 e. The summed E-state index contributed by atoms with van der Waals surface area (Å²) in [5.74, 6) is 0.293. The lowest BCUT2D eigenvalue weighted by atomic mass is 9.69. The SMILES string of the molecule is [N-]=[N+]=NCC(=O)N1C[C@@H]2CCCC[C@]2(CO)C1.